The van der Waals surface area contributed by atoms with Gasteiger partial charge in [-0.3, -0.25) is 0 Å². The second-order valence-corrected chi connectivity index (χ2v) is 20.7. The fourth-order valence-electron chi connectivity index (χ4n) is 9.47. The van der Waals surface area contributed by atoms with Crippen molar-refractivity contribution in [3.05, 3.63) is 400 Å². The van der Waals surface area contributed by atoms with Gasteiger partial charge in [0.25, 0.3) is 0 Å². The average molecular weight is 1210 g/mol. The summed E-state index contributed by atoms with van der Waals surface area (Å²) in [7, 11) is 0. The van der Waals surface area contributed by atoms with Gasteiger partial charge in [-0.05, 0) is 218 Å². The second kappa shape index (κ2) is 30.0. The molecule has 7 heterocycles. The van der Waals surface area contributed by atoms with Crippen LogP contribution in [0.1, 0.15) is 0 Å². The minimum Gasteiger partial charge on any atom is -0.238 e. The molecule has 0 radical (unpaired) electrons. The van der Waals surface area contributed by atoms with Crippen molar-refractivity contribution < 1.29 is 0 Å². The van der Waals surface area contributed by atoms with E-state index in [-0.39, 0.29) is 0 Å². The van der Waals surface area contributed by atoms with Gasteiger partial charge >= 0.3 is 0 Å². The lowest BCUT2D eigenvalue weighted by atomic mass is 10.2. The molecule has 0 spiro atoms. The number of benzene rings is 6. The zero-order valence-corrected chi connectivity index (χ0v) is 50.9. The maximum atomic E-state index is 4.86. The highest BCUT2D eigenvalue weighted by atomic mass is 14.8. The predicted molar refractivity (Wildman–Crippen MR) is 380 cm³/mol. The Labute approximate surface area is 557 Å². The number of nitrogens with zero attached hydrogens (tertiary/aromatic N) is 6. The molecular formula is C90H42N6. The Morgan fingerprint density at radius 2 is 0.260 bits per heavy atom. The first-order valence-electron chi connectivity index (χ1n) is 30.1. The highest BCUT2D eigenvalue weighted by molar-refractivity contribution is 5.84. The van der Waals surface area contributed by atoms with Crippen LogP contribution in [0.25, 0.3) is 131 Å². The third-order valence-corrected chi connectivity index (χ3v) is 14.2. The molecule has 0 unspecified atom stereocenters. The minimum atomic E-state index is 0.571. The maximum absolute atomic E-state index is 4.86. The van der Waals surface area contributed by atoms with Crippen LogP contribution < -0.4 is 0 Å². The van der Waals surface area contributed by atoms with Gasteiger partial charge < -0.3 is 0 Å². The first-order valence-corrected chi connectivity index (χ1v) is 30.1. The molecule has 0 saturated heterocycles. The third kappa shape index (κ3) is 15.8. The Bertz CT molecular complexity index is 4970. The van der Waals surface area contributed by atoms with Crippen LogP contribution in [0.3, 0.4) is 0 Å². The van der Waals surface area contributed by atoms with Crippen LogP contribution in [-0.4, -0.2) is 29.9 Å². The van der Waals surface area contributed by atoms with Crippen molar-refractivity contribution in [2.45, 2.75) is 0 Å². The minimum absolute atomic E-state index is 0.571. The Balaban J connectivity index is 0.898. The van der Waals surface area contributed by atoms with E-state index in [0.717, 1.165) is 64.6 Å². The lowest BCUT2D eigenvalue weighted by Gasteiger charge is -1.92. The average Bonchev–Trinajstić information content (AvgIpc) is 1.55. The SMILES string of the molecule is c1c#cc2ccccc2c#cc2cccc(n2)c2cccc(c#cc3ccccc3c#cc#cc3ccccc3c#cc3cccc(n3)c3cccc(c#cc4ccccc4c#cc#cc4ccccc4c#cc4cccc(n4)c4cccc(c#cc5ccccc5c#1)n4)n3)n2. The number of hydrogen-bond donors (Lipinski definition) is 0. The van der Waals surface area contributed by atoms with E-state index in [9.17, 15) is 0 Å². The number of rotatable bonds is 0. The van der Waals surface area contributed by atoms with Gasteiger partial charge in [0.2, 0.25) is 0 Å². The molecule has 7 aromatic heterocycles. The van der Waals surface area contributed by atoms with E-state index < -0.39 is 0 Å². The summed E-state index contributed by atoms with van der Waals surface area (Å²) in [5.41, 5.74) is 7.36. The summed E-state index contributed by atoms with van der Waals surface area (Å²) in [6, 6.07) is 157. The second-order valence-electron chi connectivity index (χ2n) is 20.7. The van der Waals surface area contributed by atoms with Crippen LogP contribution in [0.2, 0.25) is 0 Å². The molecule has 6 heteroatoms. The van der Waals surface area contributed by atoms with Gasteiger partial charge in [0, 0.05) is 64.6 Å². The van der Waals surface area contributed by atoms with Crippen molar-refractivity contribution in [2.75, 3.05) is 0 Å². The molecule has 0 aliphatic rings. The number of pyridine rings is 6. The van der Waals surface area contributed by atoms with Crippen LogP contribution in [0.4, 0.5) is 0 Å². The molecule has 0 aliphatic carbocycles. The summed E-state index contributed by atoms with van der Waals surface area (Å²) in [5.74, 6) is 0. The van der Waals surface area contributed by atoms with E-state index in [1.807, 2.05) is 255 Å². The van der Waals surface area contributed by atoms with Gasteiger partial charge in [-0.1, -0.05) is 182 Å². The summed E-state index contributed by atoms with van der Waals surface area (Å²) in [6.07, 6.45) is 0. The van der Waals surface area contributed by atoms with Gasteiger partial charge in [0.15, 0.2) is 0 Å². The number of fused-ring (bicyclic) bond motifs is 21. The molecule has 6 nitrogen and oxygen atoms in total. The van der Waals surface area contributed by atoms with Crippen LogP contribution in [-0.2, 0) is 0 Å². The largest absolute Gasteiger partial charge is 0.238 e. The van der Waals surface area contributed by atoms with Gasteiger partial charge in [-0.2, -0.15) is 0 Å². The van der Waals surface area contributed by atoms with E-state index in [4.69, 9.17) is 29.9 Å². The zero-order valence-electron chi connectivity index (χ0n) is 50.9. The predicted octanol–water partition coefficient (Wildman–Crippen LogP) is 18.9. The molecule has 13 aromatic rings. The highest BCUT2D eigenvalue weighted by Crippen LogP contribution is 2.15. The molecule has 0 fully saturated rings. The van der Waals surface area contributed by atoms with Crippen LogP contribution in [0.5, 0.6) is 0 Å². The van der Waals surface area contributed by atoms with Gasteiger partial charge in [-0.15, -0.1) is 0 Å². The van der Waals surface area contributed by atoms with Gasteiger partial charge in [0.1, 0.15) is 33.1 Å². The first-order chi connectivity index (χ1) is 47.5. The Morgan fingerprint density at radius 1 is 0.125 bits per heavy atom. The molecule has 0 aliphatic heterocycles. The van der Waals surface area contributed by atoms with Crippen molar-refractivity contribution in [1.29, 1.82) is 0 Å². The molecule has 0 N–H and O–H groups in total. The Hall–Kier alpha value is -15.1. The lowest BCUT2D eigenvalue weighted by Crippen LogP contribution is -1.79. The fourth-order valence-corrected chi connectivity index (χ4v) is 9.47. The molecule has 12 bridgehead atoms. The van der Waals surface area contributed by atoms with Crippen molar-refractivity contribution in [3.8, 4) is 0 Å². The number of hydrogen-bond acceptors (Lipinski definition) is 6. The standard InChI is InChI=1S/C90H42N6/c1-2-26-68-32-8-14-38-74(68)56-62-80-44-20-50-87(92-80)88-52-22-46-82(94-88)64-58-76-40-16-10-34-70(76)28-5-6-30-72-36-12-18-42-78(72)60-66-84-48-24-54-90(96-84)89-53-23-47-83(95-89)65-59-77-41-17-11-35-71(77)29-4-3-27-69-33-9-15-39-75(69)57-63-81-45-21-51-86(93-81)85-49-19-43-79(91-85)61-55-73-37-13-7-31-67(73)25-1/h7-24,31-54H. The van der Waals surface area contributed by atoms with E-state index >= 15 is 0 Å². The van der Waals surface area contributed by atoms with Crippen molar-refractivity contribution >= 4 is 131 Å². The van der Waals surface area contributed by atoms with E-state index in [1.165, 1.54) is 0 Å². The Kier molecular flexibility index (Phi) is 18.7. The summed E-state index contributed by atoms with van der Waals surface area (Å²) >= 11 is 0. The smallest absolute Gasteiger partial charge is 0.114 e. The quantitative estimate of drug-likeness (QED) is 0.151. The summed E-state index contributed by atoms with van der Waals surface area (Å²) in [4.78, 5) is 29.2. The van der Waals surface area contributed by atoms with Crippen LogP contribution >= 0.6 is 0 Å². The van der Waals surface area contributed by atoms with Crippen LogP contribution in [0, 0.1) is 146 Å². The summed E-state index contributed by atoms with van der Waals surface area (Å²) in [5, 5.41) is 8.83. The lowest BCUT2D eigenvalue weighted by molar-refractivity contribution is 1.43. The third-order valence-electron chi connectivity index (χ3n) is 14.2. The first kappa shape index (κ1) is 59.9. The van der Waals surface area contributed by atoms with E-state index in [0.29, 0.717) is 66.2 Å². The summed E-state index contributed by atoms with van der Waals surface area (Å²) in [6.45, 7) is 0. The number of aromatic nitrogens is 6. The normalized spacial score (nSPS) is 9.50. The monoisotopic (exact) mass is 1210 g/mol. The van der Waals surface area contributed by atoms with E-state index in [1.54, 1.807) is 0 Å². The molecule has 0 amide bonds. The van der Waals surface area contributed by atoms with Crippen molar-refractivity contribution in [1.82, 2.24) is 29.9 Å². The van der Waals surface area contributed by atoms with Crippen molar-refractivity contribution in [2.24, 2.45) is 0 Å². The molecular weight excluding hydrogens is 1170 g/mol. The molecule has 432 valence electrons. The van der Waals surface area contributed by atoms with Gasteiger partial charge in [0.05, 0.1) is 33.1 Å². The molecule has 6 aromatic carbocycles. The fraction of sp³-hybridized carbons (Fsp3) is 0. The topological polar surface area (TPSA) is 77.3 Å². The Morgan fingerprint density at radius 3 is 0.406 bits per heavy atom. The molecule has 96 heavy (non-hydrogen) atoms. The summed E-state index contributed by atoms with van der Waals surface area (Å²) < 4.78 is 0. The highest BCUT2D eigenvalue weighted by Gasteiger charge is 1.97. The van der Waals surface area contributed by atoms with E-state index in [2.05, 4.69) is 146 Å². The molecule has 0 atom stereocenters. The van der Waals surface area contributed by atoms with Crippen LogP contribution in [0.15, 0.2) is 255 Å². The molecule has 13 rings (SSSR count). The van der Waals surface area contributed by atoms with Gasteiger partial charge in [-0.25, -0.2) is 29.9 Å². The van der Waals surface area contributed by atoms with Crippen molar-refractivity contribution in [3.63, 3.8) is 0 Å². The molecule has 0 saturated carbocycles. The maximum Gasteiger partial charge on any atom is 0.114 e. The zero-order chi connectivity index (χ0) is 64.8.